The van der Waals surface area contributed by atoms with E-state index in [0.29, 0.717) is 37.8 Å². The summed E-state index contributed by atoms with van der Waals surface area (Å²) in [5.74, 6) is 0.359. The van der Waals surface area contributed by atoms with Crippen molar-refractivity contribution in [2.24, 2.45) is 5.73 Å². The Balaban J connectivity index is 2.44. The predicted octanol–water partition coefficient (Wildman–Crippen LogP) is 0.626. The molecule has 0 aromatic heterocycles. The number of methoxy groups -OCH3 is 1. The van der Waals surface area contributed by atoms with Gasteiger partial charge in [0.15, 0.2) is 0 Å². The Morgan fingerprint density at radius 1 is 1.26 bits per heavy atom. The largest absolute Gasteiger partial charge is 0.490 e. The van der Waals surface area contributed by atoms with Gasteiger partial charge in [-0.15, -0.1) is 0 Å². The van der Waals surface area contributed by atoms with Crippen molar-refractivity contribution in [3.63, 3.8) is 0 Å². The van der Waals surface area contributed by atoms with Crippen molar-refractivity contribution in [3.8, 4) is 5.75 Å². The Morgan fingerprint density at radius 3 is 2.79 bits per heavy atom. The average molecular weight is 268 g/mol. The lowest BCUT2D eigenvalue weighted by atomic mass is 10.3. The first-order valence-corrected chi connectivity index (χ1v) is 6.06. The fraction of sp³-hybridized carbons (Fsp3) is 0.462. The van der Waals surface area contributed by atoms with Crippen LogP contribution in [0.25, 0.3) is 0 Å². The van der Waals surface area contributed by atoms with Crippen LogP contribution in [0, 0.1) is 0 Å². The van der Waals surface area contributed by atoms with Gasteiger partial charge in [-0.25, -0.2) is 0 Å². The van der Waals surface area contributed by atoms with Gasteiger partial charge in [-0.2, -0.15) is 0 Å². The van der Waals surface area contributed by atoms with Gasteiger partial charge in [0, 0.05) is 13.7 Å². The van der Waals surface area contributed by atoms with Crippen molar-refractivity contribution in [2.75, 3.05) is 45.4 Å². The van der Waals surface area contributed by atoms with Gasteiger partial charge in [0.05, 0.1) is 18.9 Å². The minimum atomic E-state index is -0.236. The molecule has 1 amide bonds. The van der Waals surface area contributed by atoms with Gasteiger partial charge >= 0.3 is 0 Å². The molecule has 6 heteroatoms. The van der Waals surface area contributed by atoms with Crippen LogP contribution in [-0.4, -0.2) is 46.0 Å². The highest BCUT2D eigenvalue weighted by Crippen LogP contribution is 2.23. The van der Waals surface area contributed by atoms with E-state index in [1.165, 1.54) is 0 Å². The van der Waals surface area contributed by atoms with Crippen LogP contribution in [-0.2, 0) is 14.3 Å². The molecule has 0 fully saturated rings. The Hall–Kier alpha value is -1.63. The summed E-state index contributed by atoms with van der Waals surface area (Å²) in [7, 11) is 1.58. The van der Waals surface area contributed by atoms with Crippen LogP contribution in [0.4, 0.5) is 5.69 Å². The maximum absolute atomic E-state index is 11.6. The van der Waals surface area contributed by atoms with Crippen LogP contribution in [0.3, 0.4) is 0 Å². The second-order valence-electron chi connectivity index (χ2n) is 3.73. The standard InChI is InChI=1S/C13H20N2O4/c1-17-8-9-18-10-13(16)15-11-4-2-3-5-12(11)19-7-6-14/h2-5H,6-10,14H2,1H3,(H,15,16). The number of nitrogens with one attached hydrogen (secondary N) is 1. The number of amides is 1. The third-order valence-electron chi connectivity index (χ3n) is 2.20. The first kappa shape index (κ1) is 15.4. The van der Waals surface area contributed by atoms with E-state index in [-0.39, 0.29) is 12.5 Å². The van der Waals surface area contributed by atoms with Crippen LogP contribution < -0.4 is 15.8 Å². The zero-order valence-corrected chi connectivity index (χ0v) is 11.1. The molecule has 106 valence electrons. The molecule has 0 bridgehead atoms. The van der Waals surface area contributed by atoms with Gasteiger partial charge in [0.2, 0.25) is 5.91 Å². The van der Waals surface area contributed by atoms with Gasteiger partial charge < -0.3 is 25.3 Å². The van der Waals surface area contributed by atoms with Gasteiger partial charge in [-0.1, -0.05) is 12.1 Å². The fourth-order valence-corrected chi connectivity index (χ4v) is 1.36. The summed E-state index contributed by atoms with van der Waals surface area (Å²) < 4.78 is 15.4. The summed E-state index contributed by atoms with van der Waals surface area (Å²) in [6.07, 6.45) is 0. The summed E-state index contributed by atoms with van der Waals surface area (Å²) in [6, 6.07) is 7.18. The van der Waals surface area contributed by atoms with Crippen LogP contribution in [0.2, 0.25) is 0 Å². The first-order chi connectivity index (χ1) is 9.27. The van der Waals surface area contributed by atoms with E-state index in [0.717, 1.165) is 0 Å². The number of hydrogen-bond acceptors (Lipinski definition) is 5. The lowest BCUT2D eigenvalue weighted by Crippen LogP contribution is -2.20. The Labute approximate surface area is 112 Å². The smallest absolute Gasteiger partial charge is 0.250 e. The van der Waals surface area contributed by atoms with E-state index in [4.69, 9.17) is 19.9 Å². The van der Waals surface area contributed by atoms with E-state index >= 15 is 0 Å². The third-order valence-corrected chi connectivity index (χ3v) is 2.20. The van der Waals surface area contributed by atoms with Crippen molar-refractivity contribution >= 4 is 11.6 Å². The molecule has 1 rings (SSSR count). The van der Waals surface area contributed by atoms with E-state index in [1.807, 2.05) is 12.1 Å². The number of hydrogen-bond donors (Lipinski definition) is 2. The highest BCUT2D eigenvalue weighted by atomic mass is 16.5. The quantitative estimate of drug-likeness (QED) is 0.642. The molecule has 0 aliphatic carbocycles. The molecule has 19 heavy (non-hydrogen) atoms. The monoisotopic (exact) mass is 268 g/mol. The van der Waals surface area contributed by atoms with Crippen LogP contribution >= 0.6 is 0 Å². The predicted molar refractivity (Wildman–Crippen MR) is 72.3 cm³/mol. The van der Waals surface area contributed by atoms with Crippen LogP contribution in [0.15, 0.2) is 24.3 Å². The highest BCUT2D eigenvalue weighted by Gasteiger charge is 2.07. The molecule has 0 unspecified atom stereocenters. The molecule has 0 aliphatic heterocycles. The van der Waals surface area contributed by atoms with E-state index in [9.17, 15) is 4.79 Å². The second-order valence-corrected chi connectivity index (χ2v) is 3.73. The summed E-state index contributed by atoms with van der Waals surface area (Å²) in [4.78, 5) is 11.6. The number of ether oxygens (including phenoxy) is 3. The zero-order chi connectivity index (χ0) is 13.9. The number of nitrogens with two attached hydrogens (primary N) is 1. The lowest BCUT2D eigenvalue weighted by molar-refractivity contribution is -0.121. The van der Waals surface area contributed by atoms with Crippen molar-refractivity contribution in [3.05, 3.63) is 24.3 Å². The van der Waals surface area contributed by atoms with E-state index < -0.39 is 0 Å². The Bertz CT molecular complexity index is 385. The summed E-state index contributed by atoms with van der Waals surface area (Å²) >= 11 is 0. The lowest BCUT2D eigenvalue weighted by Gasteiger charge is -2.11. The number of benzene rings is 1. The number of para-hydroxylation sites is 2. The molecular weight excluding hydrogens is 248 g/mol. The molecule has 0 atom stereocenters. The zero-order valence-electron chi connectivity index (χ0n) is 11.1. The summed E-state index contributed by atoms with van der Waals surface area (Å²) in [5, 5.41) is 2.73. The van der Waals surface area contributed by atoms with Gasteiger partial charge in [-0.05, 0) is 12.1 Å². The molecule has 0 spiro atoms. The molecule has 1 aromatic carbocycles. The third kappa shape index (κ3) is 6.19. The average Bonchev–Trinajstić information content (AvgIpc) is 2.43. The van der Waals surface area contributed by atoms with Crippen molar-refractivity contribution in [1.29, 1.82) is 0 Å². The maximum atomic E-state index is 11.6. The van der Waals surface area contributed by atoms with Crippen molar-refractivity contribution in [2.45, 2.75) is 0 Å². The van der Waals surface area contributed by atoms with Crippen LogP contribution in [0.1, 0.15) is 0 Å². The van der Waals surface area contributed by atoms with Crippen molar-refractivity contribution in [1.82, 2.24) is 0 Å². The van der Waals surface area contributed by atoms with Gasteiger partial charge in [0.25, 0.3) is 0 Å². The Kier molecular flexibility index (Phi) is 7.57. The molecule has 3 N–H and O–H groups in total. The van der Waals surface area contributed by atoms with E-state index in [1.54, 1.807) is 19.2 Å². The molecular formula is C13H20N2O4. The number of rotatable bonds is 9. The number of carbonyl (C=O) groups is 1. The van der Waals surface area contributed by atoms with E-state index in [2.05, 4.69) is 5.32 Å². The van der Waals surface area contributed by atoms with Gasteiger partial charge in [0.1, 0.15) is 19.0 Å². The normalized spacial score (nSPS) is 10.2. The molecule has 0 radical (unpaired) electrons. The summed E-state index contributed by atoms with van der Waals surface area (Å²) in [6.45, 7) is 1.65. The summed E-state index contributed by atoms with van der Waals surface area (Å²) in [5.41, 5.74) is 5.99. The van der Waals surface area contributed by atoms with Crippen molar-refractivity contribution < 1.29 is 19.0 Å². The molecule has 0 aliphatic rings. The minimum absolute atomic E-state index is 0.0193. The Morgan fingerprint density at radius 2 is 2.05 bits per heavy atom. The van der Waals surface area contributed by atoms with Crippen LogP contribution in [0.5, 0.6) is 5.75 Å². The molecule has 1 aromatic rings. The SMILES string of the molecule is COCCOCC(=O)Nc1ccccc1OCCN. The number of anilines is 1. The molecule has 6 nitrogen and oxygen atoms in total. The molecule has 0 saturated carbocycles. The minimum Gasteiger partial charge on any atom is -0.490 e. The second kappa shape index (κ2) is 9.32. The highest BCUT2D eigenvalue weighted by molar-refractivity contribution is 5.93. The molecule has 0 heterocycles. The topological polar surface area (TPSA) is 82.8 Å². The van der Waals surface area contributed by atoms with Gasteiger partial charge in [-0.3, -0.25) is 4.79 Å². The maximum Gasteiger partial charge on any atom is 0.250 e. The number of carbonyl (C=O) groups excluding carboxylic acids is 1. The molecule has 0 saturated heterocycles. The first-order valence-electron chi connectivity index (χ1n) is 6.06. The fourth-order valence-electron chi connectivity index (χ4n) is 1.36.